The number of nitrogens with one attached hydrogen (secondary N) is 1. The molecule has 7 N–H and O–H groups in total. The van der Waals surface area contributed by atoms with E-state index in [1.807, 2.05) is 0 Å². The van der Waals surface area contributed by atoms with E-state index < -0.39 is 103 Å². The average Bonchev–Trinajstić information content (AvgIpc) is 2.90. The van der Waals surface area contributed by atoms with Crippen LogP contribution in [0.15, 0.2) is 18.2 Å². The van der Waals surface area contributed by atoms with Crippen LogP contribution in [0.1, 0.15) is 74.4 Å². The Morgan fingerprint density at radius 1 is 1.17 bits per heavy atom. The van der Waals surface area contributed by atoms with Crippen LogP contribution in [0.3, 0.4) is 0 Å². The van der Waals surface area contributed by atoms with E-state index >= 15 is 0 Å². The number of hydrogen-bond donors (Lipinski definition) is 7. The predicted molar refractivity (Wildman–Crippen MR) is 143 cm³/mol. The number of carbonyl (C=O) groups excluding carboxylic acids is 3. The highest BCUT2D eigenvalue weighted by Crippen LogP contribution is 2.52. The molecular weight excluding hydrogens is 537 g/mol. The zero-order valence-corrected chi connectivity index (χ0v) is 22.7. The van der Waals surface area contributed by atoms with Crippen molar-refractivity contribution in [1.82, 2.24) is 5.23 Å². The van der Waals surface area contributed by atoms with Crippen LogP contribution in [-0.2, 0) is 20.7 Å². The van der Waals surface area contributed by atoms with Crippen LogP contribution in [0.4, 0.5) is 0 Å². The molecule has 0 saturated carbocycles. The molecule has 0 bridgehead atoms. The number of ether oxygens (including phenoxy) is 2. The van der Waals surface area contributed by atoms with E-state index in [1.54, 1.807) is 26.0 Å². The maximum atomic E-state index is 13.7. The summed E-state index contributed by atoms with van der Waals surface area (Å²) in [6, 6.07) is 4.00. The van der Waals surface area contributed by atoms with Crippen LogP contribution >= 0.6 is 0 Å². The van der Waals surface area contributed by atoms with Crippen molar-refractivity contribution in [2.75, 3.05) is 6.61 Å². The van der Waals surface area contributed by atoms with Crippen molar-refractivity contribution in [3.63, 3.8) is 0 Å². The van der Waals surface area contributed by atoms with E-state index in [-0.39, 0.29) is 28.7 Å². The van der Waals surface area contributed by atoms with E-state index in [9.17, 15) is 44.9 Å². The van der Waals surface area contributed by atoms with Gasteiger partial charge in [-0.2, -0.15) is 0 Å². The molecule has 0 radical (unpaired) electrons. The lowest BCUT2D eigenvalue weighted by atomic mass is 9.71. The fraction of sp³-hybridized carbons (Fsp3) is 0.464. The molecule has 1 unspecified atom stereocenters. The Kier molecular flexibility index (Phi) is 7.58. The molecule has 2 aromatic rings. The molecule has 1 saturated heterocycles. The molecule has 5 rings (SSSR count). The van der Waals surface area contributed by atoms with Gasteiger partial charge in [0.05, 0.1) is 29.4 Å². The van der Waals surface area contributed by atoms with E-state index in [0.717, 1.165) is 0 Å². The Bertz CT molecular complexity index is 1440. The monoisotopic (exact) mass is 569 g/mol. The zero-order valence-electron chi connectivity index (χ0n) is 22.7. The number of rotatable bonds is 6. The molecule has 2 aliphatic carbocycles. The first kappa shape index (κ1) is 29.3. The molecule has 3 aliphatic rings. The standard InChI is InChI=1S/C28H32BNO11/c1-11-5-4-6-13-19(11)26(36)22-21(24(13)34)25(35)14-8-28(38,17(32)10-31)9-16(20(14)27(22)37)41-18-7-15(30-29(3)39)23(33)12(2)40-18/h4-6,12,15-16,18,23,30-31,33,35,37-39H,7-10H2,1-3H3/t12-,15-,16?,18-,23+,28-/m0/s1. The molecular formula is C28H32BNO11. The van der Waals surface area contributed by atoms with Crippen LogP contribution in [0.5, 0.6) is 11.5 Å². The van der Waals surface area contributed by atoms with Gasteiger partial charge in [-0.15, -0.1) is 0 Å². The Morgan fingerprint density at radius 3 is 2.51 bits per heavy atom. The second-order valence-electron chi connectivity index (χ2n) is 11.1. The van der Waals surface area contributed by atoms with Crippen LogP contribution in [0.25, 0.3) is 0 Å². The third kappa shape index (κ3) is 4.77. The number of carbonyl (C=O) groups is 3. The Hall–Kier alpha value is -3.17. The van der Waals surface area contributed by atoms with Gasteiger partial charge < -0.3 is 45.3 Å². The summed E-state index contributed by atoms with van der Waals surface area (Å²) in [5, 5.41) is 67.0. The van der Waals surface area contributed by atoms with Gasteiger partial charge in [0.15, 0.2) is 23.6 Å². The third-order valence-electron chi connectivity index (χ3n) is 8.24. The first-order chi connectivity index (χ1) is 19.3. The van der Waals surface area contributed by atoms with Crippen molar-refractivity contribution in [3.8, 4) is 11.5 Å². The highest BCUT2D eigenvalue weighted by atomic mass is 16.7. The van der Waals surface area contributed by atoms with Gasteiger partial charge in [-0.3, -0.25) is 14.4 Å². The number of phenolic OH excluding ortho intramolecular Hbond substituents is 2. The normalized spacial score (nSPS) is 29.0. The minimum Gasteiger partial charge on any atom is -0.507 e. The summed E-state index contributed by atoms with van der Waals surface area (Å²) in [6.07, 6.45) is -5.25. The Labute approximate surface area is 235 Å². The summed E-state index contributed by atoms with van der Waals surface area (Å²) in [4.78, 5) is 39.8. The summed E-state index contributed by atoms with van der Waals surface area (Å²) in [6.45, 7) is 3.68. The first-order valence-corrected chi connectivity index (χ1v) is 13.4. The number of Topliss-reactive ketones (excluding diaryl/α,β-unsaturated/α-hetero) is 1. The average molecular weight is 569 g/mol. The quantitative estimate of drug-likeness (QED) is 0.155. The number of aliphatic hydroxyl groups is 3. The molecule has 218 valence electrons. The van der Waals surface area contributed by atoms with Gasteiger partial charge in [-0.05, 0) is 26.2 Å². The molecule has 1 heterocycles. The maximum Gasteiger partial charge on any atom is 0.373 e. The number of hydrogen-bond acceptors (Lipinski definition) is 12. The minimum atomic E-state index is -2.25. The molecule has 6 atom stereocenters. The molecule has 1 fully saturated rings. The highest BCUT2D eigenvalue weighted by Gasteiger charge is 2.50. The van der Waals surface area contributed by atoms with Crippen molar-refractivity contribution < 1.29 is 54.4 Å². The van der Waals surface area contributed by atoms with E-state index in [2.05, 4.69) is 5.23 Å². The zero-order chi connectivity index (χ0) is 30.0. The highest BCUT2D eigenvalue weighted by molar-refractivity contribution is 6.45. The number of fused-ring (bicyclic) bond motifs is 3. The Morgan fingerprint density at radius 2 is 1.85 bits per heavy atom. The number of aromatic hydroxyl groups is 2. The summed E-state index contributed by atoms with van der Waals surface area (Å²) in [5.74, 6) is -3.68. The topological polar surface area (TPSA) is 203 Å². The fourth-order valence-corrected chi connectivity index (χ4v) is 6.22. The van der Waals surface area contributed by atoms with Gasteiger partial charge >= 0.3 is 7.05 Å². The van der Waals surface area contributed by atoms with Gasteiger partial charge in [-0.25, -0.2) is 0 Å². The van der Waals surface area contributed by atoms with E-state index in [0.29, 0.717) is 5.56 Å². The smallest absolute Gasteiger partial charge is 0.373 e. The lowest BCUT2D eigenvalue weighted by molar-refractivity contribution is -0.248. The lowest BCUT2D eigenvalue weighted by Crippen LogP contribution is -2.57. The van der Waals surface area contributed by atoms with Crippen molar-refractivity contribution in [2.45, 2.75) is 76.2 Å². The molecule has 0 amide bonds. The molecule has 12 nitrogen and oxygen atoms in total. The number of aliphatic hydroxyl groups excluding tert-OH is 2. The van der Waals surface area contributed by atoms with Crippen LogP contribution in [0, 0.1) is 6.92 Å². The Balaban J connectivity index is 1.64. The SMILES string of the molecule is CB(O)N[C@H]1C[C@H](OC2C[C@](O)(C(=O)CO)Cc3c(O)c4c(c(O)c32)C(=O)c2c(C)cccc2C4=O)O[C@@H](C)[C@H]1O. The second kappa shape index (κ2) is 10.6. The predicted octanol–water partition coefficient (Wildman–Crippen LogP) is 0.0423. The summed E-state index contributed by atoms with van der Waals surface area (Å²) < 4.78 is 11.9. The van der Waals surface area contributed by atoms with Crippen LogP contribution in [-0.4, -0.2) is 91.7 Å². The number of phenols is 2. The van der Waals surface area contributed by atoms with Gasteiger partial charge in [0, 0.05) is 47.6 Å². The molecule has 41 heavy (non-hydrogen) atoms. The van der Waals surface area contributed by atoms with Gasteiger partial charge in [0.2, 0.25) is 0 Å². The maximum absolute atomic E-state index is 13.7. The van der Waals surface area contributed by atoms with Crippen molar-refractivity contribution in [2.24, 2.45) is 0 Å². The number of aryl methyl sites for hydroxylation is 1. The van der Waals surface area contributed by atoms with Crippen LogP contribution < -0.4 is 5.23 Å². The van der Waals surface area contributed by atoms with Gasteiger partial charge in [-0.1, -0.05) is 18.2 Å². The first-order valence-electron chi connectivity index (χ1n) is 13.4. The number of ketones is 3. The molecule has 13 heteroatoms. The minimum absolute atomic E-state index is 0.0102. The van der Waals surface area contributed by atoms with Gasteiger partial charge in [0.25, 0.3) is 0 Å². The van der Waals surface area contributed by atoms with Crippen molar-refractivity contribution in [1.29, 1.82) is 0 Å². The molecule has 0 aromatic heterocycles. The van der Waals surface area contributed by atoms with E-state index in [4.69, 9.17) is 9.47 Å². The summed E-state index contributed by atoms with van der Waals surface area (Å²) in [7, 11) is -0.967. The van der Waals surface area contributed by atoms with Gasteiger partial charge in [0.1, 0.15) is 23.7 Å². The summed E-state index contributed by atoms with van der Waals surface area (Å²) >= 11 is 0. The third-order valence-corrected chi connectivity index (χ3v) is 8.24. The second-order valence-corrected chi connectivity index (χ2v) is 11.1. The van der Waals surface area contributed by atoms with Crippen LogP contribution in [0.2, 0.25) is 6.82 Å². The van der Waals surface area contributed by atoms with Crippen molar-refractivity contribution in [3.05, 3.63) is 57.1 Å². The summed E-state index contributed by atoms with van der Waals surface area (Å²) in [5.41, 5.74) is -2.76. The molecule has 2 aromatic carbocycles. The molecule has 1 aliphatic heterocycles. The lowest BCUT2D eigenvalue weighted by Gasteiger charge is -2.43. The van der Waals surface area contributed by atoms with E-state index in [1.165, 1.54) is 12.9 Å². The fourth-order valence-electron chi connectivity index (χ4n) is 6.22. The number of benzene rings is 2. The molecule has 0 spiro atoms. The largest absolute Gasteiger partial charge is 0.507 e. The van der Waals surface area contributed by atoms with Crippen molar-refractivity contribution >= 4 is 24.4 Å².